The number of ether oxygens (including phenoxy) is 1. The van der Waals surface area contributed by atoms with Gasteiger partial charge >= 0.3 is 5.97 Å². The third-order valence-electron chi connectivity index (χ3n) is 2.37. The van der Waals surface area contributed by atoms with E-state index >= 15 is 0 Å². The standard InChI is InChI=1S/C12H17NO3/c1-12(13,11(14)15)7-8-16-9-10-5-3-2-4-6-10/h2-6H,7-9,13H2,1H3,(H,14,15)/t12-/m1/s1. The largest absolute Gasteiger partial charge is 0.480 e. The molecule has 1 aromatic carbocycles. The minimum Gasteiger partial charge on any atom is -0.480 e. The fourth-order valence-electron chi connectivity index (χ4n) is 1.16. The Kier molecular flexibility index (Phi) is 4.46. The average Bonchev–Trinajstić information content (AvgIpc) is 2.26. The van der Waals surface area contributed by atoms with Crippen LogP contribution in [0, 0.1) is 0 Å². The maximum absolute atomic E-state index is 10.7. The first-order chi connectivity index (χ1) is 7.52. The second kappa shape index (κ2) is 5.63. The molecule has 0 spiro atoms. The second-order valence-corrected chi connectivity index (χ2v) is 4.01. The minimum absolute atomic E-state index is 0.301. The van der Waals surface area contributed by atoms with Crippen molar-refractivity contribution < 1.29 is 14.6 Å². The van der Waals surface area contributed by atoms with Gasteiger partial charge in [-0.1, -0.05) is 30.3 Å². The van der Waals surface area contributed by atoms with Crippen LogP contribution in [0.4, 0.5) is 0 Å². The Balaban J connectivity index is 2.25. The number of carboxylic acid groups (broad SMARTS) is 1. The van der Waals surface area contributed by atoms with Gasteiger partial charge in [0.1, 0.15) is 5.54 Å². The van der Waals surface area contributed by atoms with Gasteiger partial charge in [0.15, 0.2) is 0 Å². The SMILES string of the molecule is C[C@@](N)(CCOCc1ccccc1)C(=O)O. The predicted octanol–water partition coefficient (Wildman–Crippen LogP) is 1.40. The summed E-state index contributed by atoms with van der Waals surface area (Å²) in [6.45, 7) is 2.31. The Morgan fingerprint density at radius 1 is 1.44 bits per heavy atom. The van der Waals surface area contributed by atoms with Crippen LogP contribution in [0.5, 0.6) is 0 Å². The molecular weight excluding hydrogens is 206 g/mol. The summed E-state index contributed by atoms with van der Waals surface area (Å²) < 4.78 is 5.36. The number of carboxylic acids is 1. The van der Waals surface area contributed by atoms with Crippen LogP contribution in [0.2, 0.25) is 0 Å². The molecule has 1 aromatic rings. The highest BCUT2D eigenvalue weighted by Crippen LogP contribution is 2.07. The lowest BCUT2D eigenvalue weighted by atomic mass is 10.0. The molecule has 4 nitrogen and oxygen atoms in total. The summed E-state index contributed by atoms with van der Waals surface area (Å²) >= 11 is 0. The quantitative estimate of drug-likeness (QED) is 0.715. The smallest absolute Gasteiger partial charge is 0.323 e. The first-order valence-corrected chi connectivity index (χ1v) is 5.16. The molecule has 88 valence electrons. The number of carbonyl (C=O) groups is 1. The molecule has 16 heavy (non-hydrogen) atoms. The van der Waals surface area contributed by atoms with Crippen LogP contribution in [0.3, 0.4) is 0 Å². The number of rotatable bonds is 6. The van der Waals surface area contributed by atoms with Crippen molar-refractivity contribution in [2.75, 3.05) is 6.61 Å². The van der Waals surface area contributed by atoms with E-state index in [1.807, 2.05) is 30.3 Å². The summed E-state index contributed by atoms with van der Waals surface area (Å²) in [5.41, 5.74) is 5.41. The van der Waals surface area contributed by atoms with Crippen LogP contribution in [0.15, 0.2) is 30.3 Å². The molecule has 0 bridgehead atoms. The van der Waals surface area contributed by atoms with Gasteiger partial charge in [0, 0.05) is 6.61 Å². The Hall–Kier alpha value is -1.39. The molecule has 1 rings (SSSR count). The first kappa shape index (κ1) is 12.7. The second-order valence-electron chi connectivity index (χ2n) is 4.01. The van der Waals surface area contributed by atoms with E-state index in [1.54, 1.807) is 0 Å². The van der Waals surface area contributed by atoms with Gasteiger partial charge in [0.25, 0.3) is 0 Å². The summed E-state index contributed by atoms with van der Waals surface area (Å²) in [6, 6.07) is 9.72. The monoisotopic (exact) mass is 223 g/mol. The lowest BCUT2D eigenvalue weighted by Gasteiger charge is -2.18. The summed E-state index contributed by atoms with van der Waals surface area (Å²) in [7, 11) is 0. The van der Waals surface area contributed by atoms with Crippen LogP contribution in [0.1, 0.15) is 18.9 Å². The van der Waals surface area contributed by atoms with Gasteiger partial charge in [-0.05, 0) is 18.9 Å². The molecule has 0 aliphatic heterocycles. The van der Waals surface area contributed by atoms with E-state index in [2.05, 4.69) is 0 Å². The van der Waals surface area contributed by atoms with Crippen molar-refractivity contribution in [3.63, 3.8) is 0 Å². The third-order valence-corrected chi connectivity index (χ3v) is 2.37. The number of benzene rings is 1. The van der Waals surface area contributed by atoms with E-state index in [0.717, 1.165) is 5.56 Å². The zero-order valence-electron chi connectivity index (χ0n) is 9.35. The van der Waals surface area contributed by atoms with E-state index in [1.165, 1.54) is 6.92 Å². The van der Waals surface area contributed by atoms with Gasteiger partial charge in [0.2, 0.25) is 0 Å². The van der Waals surface area contributed by atoms with Crippen LogP contribution in [0.25, 0.3) is 0 Å². The molecule has 0 radical (unpaired) electrons. The Labute approximate surface area is 95.0 Å². The van der Waals surface area contributed by atoms with Crippen LogP contribution >= 0.6 is 0 Å². The average molecular weight is 223 g/mol. The highest BCUT2D eigenvalue weighted by Gasteiger charge is 2.27. The fraction of sp³-hybridized carbons (Fsp3) is 0.417. The summed E-state index contributed by atoms with van der Waals surface area (Å²) in [4.78, 5) is 10.7. The Morgan fingerprint density at radius 3 is 2.62 bits per heavy atom. The van der Waals surface area contributed by atoms with E-state index in [9.17, 15) is 4.79 Å². The Bertz CT molecular complexity index is 335. The molecule has 0 aliphatic carbocycles. The molecule has 0 unspecified atom stereocenters. The van der Waals surface area contributed by atoms with Gasteiger partial charge in [0.05, 0.1) is 6.61 Å². The number of hydrogen-bond donors (Lipinski definition) is 2. The van der Waals surface area contributed by atoms with Crippen molar-refractivity contribution in [1.29, 1.82) is 0 Å². The van der Waals surface area contributed by atoms with E-state index in [4.69, 9.17) is 15.6 Å². The van der Waals surface area contributed by atoms with E-state index in [-0.39, 0.29) is 0 Å². The normalized spacial score (nSPS) is 14.4. The van der Waals surface area contributed by atoms with Gasteiger partial charge in [-0.2, -0.15) is 0 Å². The molecule has 3 N–H and O–H groups in total. The maximum Gasteiger partial charge on any atom is 0.323 e. The molecule has 0 saturated heterocycles. The predicted molar refractivity (Wildman–Crippen MR) is 60.9 cm³/mol. The van der Waals surface area contributed by atoms with Gasteiger partial charge in [-0.15, -0.1) is 0 Å². The third kappa shape index (κ3) is 4.00. The molecule has 0 amide bonds. The molecular formula is C12H17NO3. The molecule has 0 heterocycles. The lowest BCUT2D eigenvalue weighted by molar-refractivity contribution is -0.143. The molecule has 1 atom stereocenters. The number of nitrogens with two attached hydrogens (primary N) is 1. The maximum atomic E-state index is 10.7. The minimum atomic E-state index is -1.21. The summed E-state index contributed by atoms with van der Waals surface area (Å²) in [6.07, 6.45) is 0.301. The highest BCUT2D eigenvalue weighted by atomic mass is 16.5. The summed E-state index contributed by atoms with van der Waals surface area (Å²) in [5, 5.41) is 8.78. The van der Waals surface area contributed by atoms with Crippen molar-refractivity contribution in [2.24, 2.45) is 5.73 Å². The van der Waals surface area contributed by atoms with Gasteiger partial charge in [-0.25, -0.2) is 0 Å². The van der Waals surface area contributed by atoms with E-state index < -0.39 is 11.5 Å². The topological polar surface area (TPSA) is 72.5 Å². The van der Waals surface area contributed by atoms with Crippen LogP contribution in [-0.2, 0) is 16.1 Å². The van der Waals surface area contributed by atoms with Crippen LogP contribution < -0.4 is 5.73 Å². The van der Waals surface area contributed by atoms with Crippen molar-refractivity contribution in [3.8, 4) is 0 Å². The highest BCUT2D eigenvalue weighted by molar-refractivity contribution is 5.77. The molecule has 4 heteroatoms. The van der Waals surface area contributed by atoms with Gasteiger partial charge in [-0.3, -0.25) is 4.79 Å². The van der Waals surface area contributed by atoms with E-state index in [0.29, 0.717) is 19.6 Å². The lowest BCUT2D eigenvalue weighted by Crippen LogP contribution is -2.45. The molecule has 0 aromatic heterocycles. The van der Waals surface area contributed by atoms with Crippen molar-refractivity contribution in [2.45, 2.75) is 25.5 Å². The summed E-state index contributed by atoms with van der Waals surface area (Å²) in [5.74, 6) is -1.00. The van der Waals surface area contributed by atoms with Crippen LogP contribution in [-0.4, -0.2) is 23.2 Å². The fourth-order valence-corrected chi connectivity index (χ4v) is 1.16. The van der Waals surface area contributed by atoms with Crippen molar-refractivity contribution >= 4 is 5.97 Å². The van der Waals surface area contributed by atoms with Crippen molar-refractivity contribution in [1.82, 2.24) is 0 Å². The molecule has 0 aliphatic rings. The molecule has 0 fully saturated rings. The Morgan fingerprint density at radius 2 is 2.06 bits per heavy atom. The first-order valence-electron chi connectivity index (χ1n) is 5.16. The number of hydrogen-bond acceptors (Lipinski definition) is 3. The zero-order valence-corrected chi connectivity index (χ0v) is 9.35. The zero-order chi connectivity index (χ0) is 12.0. The van der Waals surface area contributed by atoms with Crippen molar-refractivity contribution in [3.05, 3.63) is 35.9 Å². The van der Waals surface area contributed by atoms with Gasteiger partial charge < -0.3 is 15.6 Å². The molecule has 0 saturated carbocycles. The number of aliphatic carboxylic acids is 1.